The van der Waals surface area contributed by atoms with Gasteiger partial charge in [0.15, 0.2) is 0 Å². The first-order valence-electron chi connectivity index (χ1n) is 7.26. The van der Waals surface area contributed by atoms with Crippen molar-refractivity contribution in [3.63, 3.8) is 0 Å². The van der Waals surface area contributed by atoms with Crippen LogP contribution in [0.1, 0.15) is 27.7 Å². The minimum Gasteiger partial charge on any atom is -0.668 e. The number of nitrogens with zero attached hydrogens (tertiary/aromatic N) is 2. The molecule has 0 aromatic carbocycles. The predicted molar refractivity (Wildman–Crippen MR) is 92.9 cm³/mol. The summed E-state index contributed by atoms with van der Waals surface area (Å²) in [5, 5.41) is 7.00. The van der Waals surface area contributed by atoms with E-state index in [0.29, 0.717) is 6.25 Å². The van der Waals surface area contributed by atoms with Gasteiger partial charge in [-0.25, -0.2) is 0 Å². The molecule has 21 heavy (non-hydrogen) atoms. The van der Waals surface area contributed by atoms with Crippen LogP contribution in [0.15, 0.2) is 47.6 Å². The van der Waals surface area contributed by atoms with Crippen LogP contribution in [-0.4, -0.2) is 28.2 Å². The molecule has 2 rings (SSSR count). The molecule has 0 aliphatic heterocycles. The van der Waals surface area contributed by atoms with Crippen LogP contribution in [0.5, 0.6) is 0 Å². The molecule has 0 fully saturated rings. The third-order valence-corrected chi connectivity index (χ3v) is 7.16. The fourth-order valence-electron chi connectivity index (χ4n) is 2.48. The van der Waals surface area contributed by atoms with Crippen molar-refractivity contribution < 1.29 is 23.2 Å². The van der Waals surface area contributed by atoms with Gasteiger partial charge in [0.1, 0.15) is 0 Å². The van der Waals surface area contributed by atoms with Crippen molar-refractivity contribution in [2.45, 2.75) is 33.9 Å². The minimum absolute atomic E-state index is 0.410. The minimum atomic E-state index is -0.529. The molecule has 2 aliphatic rings. The molecule has 0 radical (unpaired) electrons. The van der Waals surface area contributed by atoms with Crippen LogP contribution in [0.25, 0.3) is 10.6 Å². The summed E-state index contributed by atoms with van der Waals surface area (Å²) >= 11 is -0.529. The van der Waals surface area contributed by atoms with Gasteiger partial charge in [0.25, 0.3) is 0 Å². The van der Waals surface area contributed by atoms with Gasteiger partial charge in [-0.2, -0.15) is 28.2 Å². The molecule has 3 heteroatoms. The van der Waals surface area contributed by atoms with Crippen molar-refractivity contribution in [3.8, 4) is 0 Å². The Balaban J connectivity index is 0.000000578. The maximum atomic E-state index is 3.50. The summed E-state index contributed by atoms with van der Waals surface area (Å²) in [6.07, 6.45) is 14.3. The average Bonchev–Trinajstić information content (AvgIpc) is 2.84. The Kier molecular flexibility index (Phi) is 9.60. The van der Waals surface area contributed by atoms with Crippen LogP contribution in [0.4, 0.5) is 0 Å². The van der Waals surface area contributed by atoms with Crippen molar-refractivity contribution in [1.29, 1.82) is 0 Å². The van der Waals surface area contributed by atoms with Crippen LogP contribution in [0.2, 0.25) is 6.25 Å². The summed E-state index contributed by atoms with van der Waals surface area (Å²) in [4.78, 5) is 0. The molecule has 0 spiro atoms. The maximum absolute atomic E-state index is 3.50. The number of hydrogen-bond acceptors (Lipinski definition) is 0. The Morgan fingerprint density at radius 3 is 1.24 bits per heavy atom. The Labute approximate surface area is 143 Å². The van der Waals surface area contributed by atoms with E-state index in [2.05, 4.69) is 74.8 Å². The van der Waals surface area contributed by atoms with E-state index in [9.17, 15) is 0 Å². The van der Waals surface area contributed by atoms with Gasteiger partial charge in [-0.3, -0.25) is 0 Å². The molecular formula is C18H30N2Zr. The Bertz CT molecular complexity index is 394. The number of rotatable bonds is 2. The molecular weight excluding hydrogens is 335 g/mol. The molecule has 0 saturated carbocycles. The number of allylic oxidation sites excluding steroid dienone is 8. The zero-order valence-corrected chi connectivity index (χ0v) is 17.3. The molecule has 0 aromatic rings. The Hall–Kier alpha value is -0.237. The SMILES string of the molecule is CC1=C[C](C)([Zr+2][C]2(C)C=CC(C)=C2)C=C1.C[N-]C.C[N-]C. The van der Waals surface area contributed by atoms with Gasteiger partial charge >= 0.3 is 105 Å². The van der Waals surface area contributed by atoms with E-state index in [-0.39, 0.29) is 0 Å². The summed E-state index contributed by atoms with van der Waals surface area (Å²) in [6, 6.07) is 0. The number of hydrogen-bond donors (Lipinski definition) is 0. The Morgan fingerprint density at radius 1 is 0.762 bits per heavy atom. The second kappa shape index (κ2) is 9.71. The van der Waals surface area contributed by atoms with Crippen molar-refractivity contribution in [1.82, 2.24) is 0 Å². The van der Waals surface area contributed by atoms with Gasteiger partial charge in [-0.15, -0.1) is 0 Å². The van der Waals surface area contributed by atoms with Crippen molar-refractivity contribution in [2.75, 3.05) is 28.2 Å². The quantitative estimate of drug-likeness (QED) is 0.600. The molecule has 2 nitrogen and oxygen atoms in total. The molecule has 116 valence electrons. The second-order valence-electron chi connectivity index (χ2n) is 6.03. The van der Waals surface area contributed by atoms with Crippen LogP contribution in [-0.2, 0) is 23.2 Å². The van der Waals surface area contributed by atoms with Crippen LogP contribution in [0, 0.1) is 0 Å². The molecule has 2 unspecified atom stereocenters. The summed E-state index contributed by atoms with van der Waals surface area (Å²) in [5.74, 6) is 0. The Morgan fingerprint density at radius 2 is 1.05 bits per heavy atom. The molecule has 0 N–H and O–H groups in total. The van der Waals surface area contributed by atoms with Crippen LogP contribution in [0.3, 0.4) is 0 Å². The summed E-state index contributed by atoms with van der Waals surface area (Å²) < 4.78 is 0.821. The molecule has 2 aliphatic carbocycles. The average molecular weight is 366 g/mol. The van der Waals surface area contributed by atoms with Gasteiger partial charge in [-0.05, 0) is 0 Å². The van der Waals surface area contributed by atoms with Crippen molar-refractivity contribution >= 4 is 0 Å². The third kappa shape index (κ3) is 8.09. The van der Waals surface area contributed by atoms with E-state index < -0.39 is 23.2 Å². The van der Waals surface area contributed by atoms with Gasteiger partial charge in [-0.1, -0.05) is 0 Å². The van der Waals surface area contributed by atoms with Gasteiger partial charge in [0.05, 0.1) is 0 Å². The summed E-state index contributed by atoms with van der Waals surface area (Å²) in [7, 11) is 7.00. The largest absolute Gasteiger partial charge is 0.668 e. The van der Waals surface area contributed by atoms with Gasteiger partial charge in [0, 0.05) is 0 Å². The molecule has 2 atom stereocenters. The maximum Gasteiger partial charge on any atom is -0.162 e. The molecule has 0 aromatic heterocycles. The van der Waals surface area contributed by atoms with E-state index in [1.807, 2.05) is 0 Å². The standard InChI is InChI=1S/2C7H9.2C2H6N.Zr/c2*1-6-3-4-7(2)5-6;2*1-3-2;/h2*3-5H,1-2H3;2*1-2H3;/q;;2*-1;+2. The molecule has 0 bridgehead atoms. The predicted octanol–water partition coefficient (Wildman–Crippen LogP) is 5.70. The molecule has 0 saturated heterocycles. The second-order valence-corrected chi connectivity index (χ2v) is 11.9. The summed E-state index contributed by atoms with van der Waals surface area (Å²) in [6.45, 7) is 9.20. The fourth-order valence-corrected chi connectivity index (χ4v) is 7.63. The van der Waals surface area contributed by atoms with E-state index in [1.165, 1.54) is 11.1 Å². The van der Waals surface area contributed by atoms with Crippen molar-refractivity contribution in [3.05, 3.63) is 58.2 Å². The monoisotopic (exact) mass is 364 g/mol. The topological polar surface area (TPSA) is 28.2 Å². The van der Waals surface area contributed by atoms with Crippen LogP contribution < -0.4 is 0 Å². The van der Waals surface area contributed by atoms with E-state index >= 15 is 0 Å². The zero-order valence-electron chi connectivity index (χ0n) is 14.9. The van der Waals surface area contributed by atoms with E-state index in [4.69, 9.17) is 0 Å². The van der Waals surface area contributed by atoms with Crippen molar-refractivity contribution in [2.24, 2.45) is 0 Å². The first kappa shape index (κ1) is 20.8. The molecule has 0 amide bonds. The summed E-state index contributed by atoms with van der Waals surface area (Å²) in [5.41, 5.74) is 2.87. The molecule has 0 heterocycles. The first-order valence-corrected chi connectivity index (χ1v) is 9.72. The third-order valence-electron chi connectivity index (χ3n) is 2.98. The normalized spacial score (nSPS) is 28.8. The van der Waals surface area contributed by atoms with E-state index in [0.717, 1.165) is 0 Å². The first-order chi connectivity index (χ1) is 9.74. The van der Waals surface area contributed by atoms with Gasteiger partial charge < -0.3 is 10.6 Å². The zero-order chi connectivity index (χ0) is 16.5. The fraction of sp³-hybridized carbons (Fsp3) is 0.556. The van der Waals surface area contributed by atoms with E-state index in [1.54, 1.807) is 28.2 Å². The smallest absolute Gasteiger partial charge is 0.162 e. The van der Waals surface area contributed by atoms with Gasteiger partial charge in [0.2, 0.25) is 0 Å². The van der Waals surface area contributed by atoms with Crippen LogP contribution >= 0.6 is 0 Å².